The first-order chi connectivity index (χ1) is 18.8. The molecule has 0 saturated heterocycles. The molecule has 0 aromatic carbocycles. The monoisotopic (exact) mass is 539 g/mol. The number of hydrogen-bond acceptors (Lipinski definition) is 3. The largest absolute Gasteiger partial charge is 0.396 e. The molecule has 3 nitrogen and oxygen atoms in total. The molecule has 3 heteroatoms. The fourth-order valence-electron chi connectivity index (χ4n) is 5.06. The van der Waals surface area contributed by atoms with Crippen molar-refractivity contribution in [2.24, 2.45) is 0 Å². The summed E-state index contributed by atoms with van der Waals surface area (Å²) in [6.45, 7) is 6.58. The van der Waals surface area contributed by atoms with Crippen LogP contribution in [0.25, 0.3) is 0 Å². The van der Waals surface area contributed by atoms with Crippen LogP contribution in [-0.2, 0) is 9.47 Å². The Hall–Kier alpha value is -0.380. The van der Waals surface area contributed by atoms with E-state index in [1.165, 1.54) is 161 Å². The molecule has 0 saturated carbocycles. The number of rotatable bonds is 33. The highest BCUT2D eigenvalue weighted by molar-refractivity contribution is 4.80. The van der Waals surface area contributed by atoms with Crippen molar-refractivity contribution < 1.29 is 14.6 Å². The van der Waals surface area contributed by atoms with E-state index in [9.17, 15) is 0 Å². The molecule has 0 aliphatic rings. The highest BCUT2D eigenvalue weighted by atomic mass is 16.7. The molecule has 0 rings (SSSR count). The van der Waals surface area contributed by atoms with Crippen LogP contribution < -0.4 is 0 Å². The number of ether oxygens (including phenoxy) is 2. The molecule has 228 valence electrons. The summed E-state index contributed by atoms with van der Waals surface area (Å²) in [7, 11) is 0. The predicted octanol–water partition coefficient (Wildman–Crippen LogP) is 11.5. The summed E-state index contributed by atoms with van der Waals surface area (Å²) in [5, 5.41) is 8.77. The Kier molecular flexibility index (Phi) is 34.3. The zero-order chi connectivity index (χ0) is 27.6. The molecule has 0 spiro atoms. The van der Waals surface area contributed by atoms with Gasteiger partial charge in [0.2, 0.25) is 0 Å². The highest BCUT2D eigenvalue weighted by Gasteiger charge is 2.09. The predicted molar refractivity (Wildman–Crippen MR) is 168 cm³/mol. The van der Waals surface area contributed by atoms with E-state index in [-0.39, 0.29) is 12.9 Å². The molecule has 0 atom stereocenters. The molecule has 0 aliphatic heterocycles. The van der Waals surface area contributed by atoms with Crippen LogP contribution in [0.4, 0.5) is 0 Å². The van der Waals surface area contributed by atoms with Crippen molar-refractivity contribution in [3.63, 3.8) is 0 Å². The van der Waals surface area contributed by atoms with Gasteiger partial charge in [-0.25, -0.2) is 0 Å². The van der Waals surface area contributed by atoms with E-state index in [4.69, 9.17) is 14.6 Å². The van der Waals surface area contributed by atoms with Gasteiger partial charge in [0.15, 0.2) is 6.29 Å². The van der Waals surface area contributed by atoms with Crippen molar-refractivity contribution >= 4 is 0 Å². The van der Waals surface area contributed by atoms with Crippen molar-refractivity contribution in [2.75, 3.05) is 19.8 Å². The van der Waals surface area contributed by atoms with Crippen LogP contribution in [0.5, 0.6) is 0 Å². The summed E-state index contributed by atoms with van der Waals surface area (Å²) in [5.74, 6) is 0. The van der Waals surface area contributed by atoms with Gasteiger partial charge in [-0.3, -0.25) is 0 Å². The topological polar surface area (TPSA) is 38.7 Å². The van der Waals surface area contributed by atoms with Gasteiger partial charge in [0.25, 0.3) is 0 Å². The summed E-state index contributed by atoms with van der Waals surface area (Å²) in [4.78, 5) is 0. The normalized spacial score (nSPS) is 11.9. The number of hydrogen-bond donors (Lipinski definition) is 1. The minimum absolute atomic E-state index is 0.0219. The average Bonchev–Trinajstić information content (AvgIpc) is 2.93. The van der Waals surface area contributed by atoms with Gasteiger partial charge in [-0.2, -0.15) is 0 Å². The van der Waals surface area contributed by atoms with Crippen LogP contribution in [0.3, 0.4) is 0 Å². The first-order valence-corrected chi connectivity index (χ1v) is 17.3. The molecule has 0 amide bonds. The fourth-order valence-corrected chi connectivity index (χ4v) is 5.06. The molecule has 0 bridgehead atoms. The van der Waals surface area contributed by atoms with E-state index in [1.54, 1.807) is 0 Å². The van der Waals surface area contributed by atoms with Crippen LogP contribution >= 0.6 is 0 Å². The Balaban J connectivity index is 3.79. The van der Waals surface area contributed by atoms with Crippen molar-refractivity contribution in [2.45, 2.75) is 193 Å². The lowest BCUT2D eigenvalue weighted by Crippen LogP contribution is -2.19. The first kappa shape index (κ1) is 37.6. The van der Waals surface area contributed by atoms with E-state index in [0.29, 0.717) is 0 Å². The van der Waals surface area contributed by atoms with Gasteiger partial charge in [0.05, 0.1) is 0 Å². The third-order valence-electron chi connectivity index (χ3n) is 7.63. The Labute approximate surface area is 239 Å². The Morgan fingerprint density at radius 3 is 1.26 bits per heavy atom. The lowest BCUT2D eigenvalue weighted by Gasteiger charge is -2.19. The molecular formula is C35H70O3. The van der Waals surface area contributed by atoms with Crippen LogP contribution in [0.1, 0.15) is 187 Å². The summed E-state index contributed by atoms with van der Waals surface area (Å²) in [6.07, 6.45) is 39.6. The lowest BCUT2D eigenvalue weighted by molar-refractivity contribution is -0.148. The molecule has 0 aliphatic carbocycles. The van der Waals surface area contributed by atoms with Gasteiger partial charge in [-0.1, -0.05) is 154 Å². The van der Waals surface area contributed by atoms with Crippen molar-refractivity contribution in [3.05, 3.63) is 12.2 Å². The molecule has 0 unspecified atom stereocenters. The molecule has 1 N–H and O–H groups in total. The van der Waals surface area contributed by atoms with Gasteiger partial charge in [-0.15, -0.1) is 0 Å². The summed E-state index contributed by atoms with van der Waals surface area (Å²) in [5.41, 5.74) is 0. The Morgan fingerprint density at radius 2 is 0.816 bits per heavy atom. The number of aliphatic hydroxyl groups is 1. The minimum atomic E-state index is 0.0219. The Morgan fingerprint density at radius 1 is 0.447 bits per heavy atom. The standard InChI is InChI=1S/C35H70O3/c1-3-5-7-9-21-25-29-33-37-35(38-34-30-26-22-10-8-6-4-2)31-27-23-19-17-15-13-11-12-14-16-18-20-24-28-32-36/h20,24,35-36H,3-19,21-23,25-34H2,1-2H3/b24-20+. The minimum Gasteiger partial charge on any atom is -0.396 e. The second kappa shape index (κ2) is 34.6. The SMILES string of the molecule is CCCCCCCCCOC(CCCCCCCCCCCC/C=C/CCO)OCCCCCCCCC. The maximum absolute atomic E-state index is 8.77. The van der Waals surface area contributed by atoms with Gasteiger partial charge >= 0.3 is 0 Å². The first-order valence-electron chi connectivity index (χ1n) is 17.3. The maximum atomic E-state index is 8.77. The van der Waals surface area contributed by atoms with Crippen LogP contribution in [0.2, 0.25) is 0 Å². The van der Waals surface area contributed by atoms with E-state index >= 15 is 0 Å². The number of aliphatic hydroxyl groups excluding tert-OH is 1. The van der Waals surface area contributed by atoms with E-state index in [0.717, 1.165) is 26.1 Å². The quantitative estimate of drug-likeness (QED) is 0.0513. The smallest absolute Gasteiger partial charge is 0.157 e. The van der Waals surface area contributed by atoms with Crippen molar-refractivity contribution in [1.82, 2.24) is 0 Å². The van der Waals surface area contributed by atoms with E-state index in [2.05, 4.69) is 26.0 Å². The summed E-state index contributed by atoms with van der Waals surface area (Å²) >= 11 is 0. The molecule has 38 heavy (non-hydrogen) atoms. The second-order valence-corrected chi connectivity index (χ2v) is 11.5. The van der Waals surface area contributed by atoms with Gasteiger partial charge in [-0.05, 0) is 44.9 Å². The molecule has 0 radical (unpaired) electrons. The maximum Gasteiger partial charge on any atom is 0.157 e. The summed E-state index contributed by atoms with van der Waals surface area (Å²) < 4.78 is 12.4. The third-order valence-corrected chi connectivity index (χ3v) is 7.63. The van der Waals surface area contributed by atoms with Crippen molar-refractivity contribution in [1.29, 1.82) is 0 Å². The zero-order valence-electron chi connectivity index (χ0n) is 26.2. The average molecular weight is 539 g/mol. The molecule has 0 heterocycles. The number of unbranched alkanes of at least 4 members (excludes halogenated alkanes) is 22. The van der Waals surface area contributed by atoms with Gasteiger partial charge < -0.3 is 14.6 Å². The zero-order valence-corrected chi connectivity index (χ0v) is 26.2. The van der Waals surface area contributed by atoms with E-state index in [1.807, 2.05) is 0 Å². The van der Waals surface area contributed by atoms with Crippen LogP contribution in [0, 0.1) is 0 Å². The van der Waals surface area contributed by atoms with Crippen LogP contribution in [0.15, 0.2) is 12.2 Å². The highest BCUT2D eigenvalue weighted by Crippen LogP contribution is 2.16. The number of allylic oxidation sites excluding steroid dienone is 1. The van der Waals surface area contributed by atoms with Crippen molar-refractivity contribution in [3.8, 4) is 0 Å². The van der Waals surface area contributed by atoms with Gasteiger partial charge in [0, 0.05) is 19.8 Å². The third kappa shape index (κ3) is 31.8. The molecule has 0 fully saturated rings. The fraction of sp³-hybridized carbons (Fsp3) is 0.943. The lowest BCUT2D eigenvalue weighted by atomic mass is 10.0. The summed E-state index contributed by atoms with van der Waals surface area (Å²) in [6, 6.07) is 0. The molecule has 0 aromatic heterocycles. The second-order valence-electron chi connectivity index (χ2n) is 11.5. The molecular weight excluding hydrogens is 468 g/mol. The van der Waals surface area contributed by atoms with E-state index < -0.39 is 0 Å². The Bertz CT molecular complexity index is 417. The van der Waals surface area contributed by atoms with Gasteiger partial charge in [0.1, 0.15) is 0 Å². The van der Waals surface area contributed by atoms with Crippen LogP contribution in [-0.4, -0.2) is 31.2 Å². The molecule has 0 aromatic rings.